The number of fused-ring (bicyclic) bond motifs is 1. The molecule has 0 spiro atoms. The van der Waals surface area contributed by atoms with Gasteiger partial charge < -0.3 is 14.8 Å². The molecular formula is C17H10BrFN2O3S. The fourth-order valence-electron chi connectivity index (χ4n) is 2.30. The molecule has 2 aromatic carbocycles. The summed E-state index contributed by atoms with van der Waals surface area (Å²) in [4.78, 5) is 17.0. The highest BCUT2D eigenvalue weighted by Crippen LogP contribution is 2.39. The summed E-state index contributed by atoms with van der Waals surface area (Å²) >= 11 is 4.68. The molecule has 0 saturated carbocycles. The lowest BCUT2D eigenvalue weighted by molar-refractivity contribution is -0.115. The summed E-state index contributed by atoms with van der Waals surface area (Å²) in [7, 11) is 0. The Labute approximate surface area is 155 Å². The van der Waals surface area contributed by atoms with Gasteiger partial charge in [-0.05, 0) is 59.8 Å². The summed E-state index contributed by atoms with van der Waals surface area (Å²) in [5.41, 5.74) is 1.36. The topological polar surface area (TPSA) is 59.9 Å². The SMILES string of the molecule is O=C1NC(=Nc2ccc(F)cc2)SC1=Cc1cc2c(cc1Br)OCO2. The second-order valence-corrected chi connectivity index (χ2v) is 7.07. The molecule has 1 N–H and O–H groups in total. The Kier molecular flexibility index (Phi) is 4.22. The number of benzene rings is 2. The Hall–Kier alpha value is -2.32. The predicted octanol–water partition coefficient (Wildman–Crippen LogP) is 4.21. The number of thioether (sulfide) groups is 1. The summed E-state index contributed by atoms with van der Waals surface area (Å²) in [6.45, 7) is 0.186. The summed E-state index contributed by atoms with van der Waals surface area (Å²) in [6.07, 6.45) is 1.75. The second kappa shape index (κ2) is 6.53. The van der Waals surface area contributed by atoms with Crippen molar-refractivity contribution in [3.05, 3.63) is 57.2 Å². The third kappa shape index (κ3) is 3.40. The number of hydrogen-bond acceptors (Lipinski definition) is 5. The van der Waals surface area contributed by atoms with E-state index < -0.39 is 0 Å². The van der Waals surface area contributed by atoms with Gasteiger partial charge in [0, 0.05) is 4.47 Å². The zero-order valence-electron chi connectivity index (χ0n) is 12.6. The first-order chi connectivity index (χ1) is 12.1. The molecule has 0 radical (unpaired) electrons. The van der Waals surface area contributed by atoms with Crippen molar-refractivity contribution in [2.24, 2.45) is 4.99 Å². The maximum Gasteiger partial charge on any atom is 0.264 e. The van der Waals surface area contributed by atoms with Gasteiger partial charge in [-0.25, -0.2) is 9.38 Å². The quantitative estimate of drug-likeness (QED) is 0.739. The number of halogens is 2. The zero-order chi connectivity index (χ0) is 17.4. The van der Waals surface area contributed by atoms with Crippen molar-refractivity contribution in [3.8, 4) is 11.5 Å². The van der Waals surface area contributed by atoms with Crippen LogP contribution in [0.15, 0.2) is 50.8 Å². The first-order valence-electron chi connectivity index (χ1n) is 7.23. The number of aliphatic imine (C=N–C) groups is 1. The zero-order valence-corrected chi connectivity index (χ0v) is 15.0. The van der Waals surface area contributed by atoms with Crippen LogP contribution in [0, 0.1) is 5.82 Å². The number of amidine groups is 1. The van der Waals surface area contributed by atoms with Gasteiger partial charge in [-0.1, -0.05) is 15.9 Å². The Morgan fingerprint density at radius 3 is 2.68 bits per heavy atom. The molecule has 0 atom stereocenters. The predicted molar refractivity (Wildman–Crippen MR) is 97.5 cm³/mol. The van der Waals surface area contributed by atoms with Crippen LogP contribution in [-0.2, 0) is 4.79 Å². The molecule has 0 unspecified atom stereocenters. The Bertz CT molecular complexity index is 928. The molecule has 0 bridgehead atoms. The van der Waals surface area contributed by atoms with E-state index in [1.165, 1.54) is 23.9 Å². The molecule has 2 heterocycles. The minimum Gasteiger partial charge on any atom is -0.454 e. The van der Waals surface area contributed by atoms with Crippen molar-refractivity contribution in [3.63, 3.8) is 0 Å². The monoisotopic (exact) mass is 420 g/mol. The summed E-state index contributed by atoms with van der Waals surface area (Å²) in [5, 5.41) is 3.14. The molecule has 126 valence electrons. The highest BCUT2D eigenvalue weighted by molar-refractivity contribution is 9.10. The molecule has 2 aliphatic rings. The Morgan fingerprint density at radius 1 is 1.20 bits per heavy atom. The van der Waals surface area contributed by atoms with Gasteiger partial charge in [0.05, 0.1) is 10.6 Å². The minimum atomic E-state index is -0.333. The average molecular weight is 421 g/mol. The van der Waals surface area contributed by atoms with Crippen LogP contribution in [-0.4, -0.2) is 17.9 Å². The van der Waals surface area contributed by atoms with Crippen molar-refractivity contribution in [1.82, 2.24) is 5.32 Å². The van der Waals surface area contributed by atoms with E-state index in [-0.39, 0.29) is 18.5 Å². The molecule has 8 heteroatoms. The summed E-state index contributed by atoms with van der Waals surface area (Å²) < 4.78 is 24.4. The van der Waals surface area contributed by atoms with Gasteiger partial charge in [0.25, 0.3) is 5.91 Å². The molecule has 25 heavy (non-hydrogen) atoms. The number of nitrogens with zero attached hydrogens (tertiary/aromatic N) is 1. The van der Waals surface area contributed by atoms with Crippen LogP contribution in [0.2, 0.25) is 0 Å². The molecule has 1 amide bonds. The van der Waals surface area contributed by atoms with Crippen LogP contribution >= 0.6 is 27.7 Å². The normalized spacial score (nSPS) is 18.9. The lowest BCUT2D eigenvalue weighted by Crippen LogP contribution is -2.19. The highest BCUT2D eigenvalue weighted by atomic mass is 79.9. The van der Waals surface area contributed by atoms with Gasteiger partial charge in [0.1, 0.15) is 5.82 Å². The lowest BCUT2D eigenvalue weighted by Gasteiger charge is -2.02. The number of nitrogens with one attached hydrogen (secondary N) is 1. The maximum absolute atomic E-state index is 12.9. The van der Waals surface area contributed by atoms with Crippen molar-refractivity contribution < 1.29 is 18.7 Å². The van der Waals surface area contributed by atoms with Crippen molar-refractivity contribution in [1.29, 1.82) is 0 Å². The van der Waals surface area contributed by atoms with Crippen molar-refractivity contribution in [2.75, 3.05) is 6.79 Å². The first-order valence-corrected chi connectivity index (χ1v) is 8.84. The van der Waals surface area contributed by atoms with E-state index in [4.69, 9.17) is 9.47 Å². The van der Waals surface area contributed by atoms with Crippen LogP contribution in [0.5, 0.6) is 11.5 Å². The van der Waals surface area contributed by atoms with Gasteiger partial charge in [0.15, 0.2) is 16.7 Å². The van der Waals surface area contributed by atoms with Crippen LogP contribution in [0.3, 0.4) is 0 Å². The Morgan fingerprint density at radius 2 is 1.92 bits per heavy atom. The highest BCUT2D eigenvalue weighted by Gasteiger charge is 2.25. The molecule has 0 aromatic heterocycles. The number of rotatable bonds is 2. The van der Waals surface area contributed by atoms with Gasteiger partial charge in [0.2, 0.25) is 6.79 Å². The molecular weight excluding hydrogens is 411 g/mol. The smallest absolute Gasteiger partial charge is 0.264 e. The van der Waals surface area contributed by atoms with E-state index in [1.54, 1.807) is 24.3 Å². The molecule has 4 rings (SSSR count). The van der Waals surface area contributed by atoms with Crippen LogP contribution in [0.4, 0.5) is 10.1 Å². The van der Waals surface area contributed by atoms with Crippen molar-refractivity contribution >= 4 is 50.5 Å². The molecule has 2 aromatic rings. The Balaban J connectivity index is 1.60. The number of carbonyl (C=O) groups excluding carboxylic acids is 1. The fourth-order valence-corrected chi connectivity index (χ4v) is 3.57. The third-order valence-corrected chi connectivity index (χ3v) is 5.08. The molecule has 0 aliphatic carbocycles. The van der Waals surface area contributed by atoms with E-state index >= 15 is 0 Å². The van der Waals surface area contributed by atoms with Gasteiger partial charge in [-0.2, -0.15) is 0 Å². The van der Waals surface area contributed by atoms with Crippen LogP contribution in [0.1, 0.15) is 5.56 Å². The largest absolute Gasteiger partial charge is 0.454 e. The van der Waals surface area contributed by atoms with E-state index in [0.29, 0.717) is 27.3 Å². The molecule has 1 saturated heterocycles. The van der Waals surface area contributed by atoms with Crippen LogP contribution in [0.25, 0.3) is 6.08 Å². The van der Waals surface area contributed by atoms with E-state index in [2.05, 4.69) is 26.2 Å². The second-order valence-electron chi connectivity index (χ2n) is 5.19. The van der Waals surface area contributed by atoms with Gasteiger partial charge in [-0.3, -0.25) is 4.79 Å². The van der Waals surface area contributed by atoms with Crippen molar-refractivity contribution in [2.45, 2.75) is 0 Å². The van der Waals surface area contributed by atoms with E-state index in [1.807, 2.05) is 6.07 Å². The standard InChI is InChI=1S/C17H10BrFN2O3S/c18-12-7-14-13(23-8-24-14)5-9(12)6-15-16(22)21-17(25-15)20-11-3-1-10(19)2-4-11/h1-7H,8H2,(H,20,21,22). The van der Waals surface area contributed by atoms with E-state index in [0.717, 1.165) is 10.0 Å². The molecule has 5 nitrogen and oxygen atoms in total. The van der Waals surface area contributed by atoms with Gasteiger partial charge >= 0.3 is 0 Å². The summed E-state index contributed by atoms with van der Waals surface area (Å²) in [5.74, 6) is 0.727. The van der Waals surface area contributed by atoms with E-state index in [9.17, 15) is 9.18 Å². The number of ether oxygens (including phenoxy) is 2. The molecule has 1 fully saturated rings. The lowest BCUT2D eigenvalue weighted by atomic mass is 10.2. The average Bonchev–Trinajstić information content (AvgIpc) is 3.16. The third-order valence-electron chi connectivity index (χ3n) is 3.49. The number of amides is 1. The number of hydrogen-bond donors (Lipinski definition) is 1. The number of carbonyl (C=O) groups is 1. The maximum atomic E-state index is 12.9. The van der Waals surface area contributed by atoms with Gasteiger partial charge in [-0.15, -0.1) is 0 Å². The first kappa shape index (κ1) is 16.2. The van der Waals surface area contributed by atoms with Crippen LogP contribution < -0.4 is 14.8 Å². The minimum absolute atomic E-state index is 0.186. The molecule has 2 aliphatic heterocycles. The fraction of sp³-hybridized carbons (Fsp3) is 0.0588. The summed E-state index contributed by atoms with van der Waals surface area (Å²) in [6, 6.07) is 9.35.